The minimum absolute atomic E-state index is 0.232. The maximum absolute atomic E-state index is 13.1. The molecule has 8 heteroatoms. The monoisotopic (exact) mass is 413 g/mol. The summed E-state index contributed by atoms with van der Waals surface area (Å²) < 4.78 is 13.1. The van der Waals surface area contributed by atoms with Crippen LogP contribution in [-0.4, -0.2) is 27.6 Å². The van der Waals surface area contributed by atoms with E-state index < -0.39 is 17.3 Å². The number of hydrogen-bond donors (Lipinski definition) is 3. The van der Waals surface area contributed by atoms with Crippen molar-refractivity contribution in [1.29, 1.82) is 0 Å². The maximum atomic E-state index is 13.1. The summed E-state index contributed by atoms with van der Waals surface area (Å²) in [6, 6.07) is 14.4. The Labute approximate surface area is 173 Å². The van der Waals surface area contributed by atoms with Gasteiger partial charge in [0.25, 0.3) is 5.91 Å². The van der Waals surface area contributed by atoms with Crippen LogP contribution in [0.15, 0.2) is 59.6 Å². The van der Waals surface area contributed by atoms with Gasteiger partial charge in [0.1, 0.15) is 5.82 Å². The highest BCUT2D eigenvalue weighted by molar-refractivity contribution is 6.30. The molecule has 0 unspecified atom stereocenters. The molecule has 0 radical (unpaired) electrons. The number of carbonyl (C=O) groups is 1. The molecule has 0 saturated carbocycles. The predicted octanol–water partition coefficient (Wildman–Crippen LogP) is 4.87. The zero-order valence-electron chi connectivity index (χ0n) is 16.3. The second-order valence-corrected chi connectivity index (χ2v) is 7.83. The van der Waals surface area contributed by atoms with E-state index in [1.165, 1.54) is 24.3 Å². The second-order valence-electron chi connectivity index (χ2n) is 7.39. The zero-order chi connectivity index (χ0) is 21.0. The number of H-pyrrole nitrogens is 1. The van der Waals surface area contributed by atoms with E-state index in [1.807, 2.05) is 39.0 Å². The number of rotatable bonds is 3. The minimum Gasteiger partial charge on any atom is -0.309 e. The maximum Gasteiger partial charge on any atom is 0.257 e. The molecular formula is C21H21ClFN5O. The van der Waals surface area contributed by atoms with E-state index in [0.717, 1.165) is 11.3 Å². The normalized spacial score (nSPS) is 12.0. The van der Waals surface area contributed by atoms with Crippen LogP contribution in [0, 0.1) is 5.82 Å². The number of guanidine groups is 1. The number of aromatic amines is 1. The number of anilines is 1. The first kappa shape index (κ1) is 20.5. The SMILES string of the molecule is CC(C)(C)N=C(NC(=O)c1ccc(F)cc1)Nc1cc(-c2cccc(Cl)c2)[nH]n1. The van der Waals surface area contributed by atoms with E-state index in [-0.39, 0.29) is 5.96 Å². The van der Waals surface area contributed by atoms with Crippen molar-refractivity contribution >= 4 is 29.3 Å². The third-order valence-corrected chi connectivity index (χ3v) is 3.98. The minimum atomic E-state index is -0.454. The number of amides is 1. The predicted molar refractivity (Wildman–Crippen MR) is 114 cm³/mol. The lowest BCUT2D eigenvalue weighted by molar-refractivity contribution is 0.0976. The van der Waals surface area contributed by atoms with E-state index in [9.17, 15) is 9.18 Å². The molecule has 150 valence electrons. The van der Waals surface area contributed by atoms with Crippen LogP contribution in [0.1, 0.15) is 31.1 Å². The van der Waals surface area contributed by atoms with E-state index in [2.05, 4.69) is 25.8 Å². The molecule has 0 aliphatic carbocycles. The second kappa shape index (κ2) is 8.45. The van der Waals surface area contributed by atoms with Crippen LogP contribution in [-0.2, 0) is 0 Å². The summed E-state index contributed by atoms with van der Waals surface area (Å²) in [6.07, 6.45) is 0. The molecule has 0 saturated heterocycles. The Hall–Kier alpha value is -3.19. The van der Waals surface area contributed by atoms with Gasteiger partial charge in [0.05, 0.1) is 11.2 Å². The van der Waals surface area contributed by atoms with Gasteiger partial charge in [0, 0.05) is 22.2 Å². The molecule has 3 N–H and O–H groups in total. The lowest BCUT2D eigenvalue weighted by Crippen LogP contribution is -2.38. The smallest absolute Gasteiger partial charge is 0.257 e. The fourth-order valence-electron chi connectivity index (χ4n) is 2.51. The molecule has 0 bridgehead atoms. The van der Waals surface area contributed by atoms with Crippen LogP contribution in [0.2, 0.25) is 5.02 Å². The van der Waals surface area contributed by atoms with Gasteiger partial charge in [-0.15, -0.1) is 0 Å². The zero-order valence-corrected chi connectivity index (χ0v) is 17.0. The Kier molecular flexibility index (Phi) is 5.98. The Morgan fingerprint density at radius 3 is 2.52 bits per heavy atom. The van der Waals surface area contributed by atoms with Crippen molar-refractivity contribution in [2.24, 2.45) is 4.99 Å². The van der Waals surface area contributed by atoms with Gasteiger partial charge in [-0.2, -0.15) is 5.10 Å². The van der Waals surface area contributed by atoms with Gasteiger partial charge in [-0.1, -0.05) is 23.7 Å². The summed E-state index contributed by atoms with van der Waals surface area (Å²) >= 11 is 6.04. The van der Waals surface area contributed by atoms with E-state index >= 15 is 0 Å². The number of aromatic nitrogens is 2. The van der Waals surface area contributed by atoms with Gasteiger partial charge in [0.15, 0.2) is 5.82 Å². The molecule has 29 heavy (non-hydrogen) atoms. The van der Waals surface area contributed by atoms with Crippen LogP contribution in [0.3, 0.4) is 0 Å². The van der Waals surface area contributed by atoms with Gasteiger partial charge in [-0.05, 0) is 57.2 Å². The first-order valence-corrected chi connectivity index (χ1v) is 9.32. The highest BCUT2D eigenvalue weighted by Gasteiger charge is 2.15. The standard InChI is InChI=1S/C21H21ClFN5O/c1-21(2,3)26-20(25-19(29)13-7-9-16(23)10-8-13)24-18-12-17(27-28-18)14-5-4-6-15(22)11-14/h4-12H,1-3H3,(H3,24,25,26,27,28,29). The van der Waals surface area contributed by atoms with Crippen LogP contribution >= 0.6 is 11.6 Å². The summed E-state index contributed by atoms with van der Waals surface area (Å²) in [4.78, 5) is 17.0. The molecule has 1 heterocycles. The lowest BCUT2D eigenvalue weighted by atomic mass is 10.1. The summed E-state index contributed by atoms with van der Waals surface area (Å²) in [5.41, 5.74) is 1.50. The van der Waals surface area contributed by atoms with Crippen molar-refractivity contribution in [2.75, 3.05) is 5.32 Å². The van der Waals surface area contributed by atoms with E-state index in [0.29, 0.717) is 16.4 Å². The molecule has 0 spiro atoms. The van der Waals surface area contributed by atoms with Crippen molar-refractivity contribution in [3.8, 4) is 11.3 Å². The molecule has 0 aliphatic heterocycles. The summed E-state index contributed by atoms with van der Waals surface area (Å²) in [7, 11) is 0. The summed E-state index contributed by atoms with van der Waals surface area (Å²) in [5, 5.41) is 13.5. The van der Waals surface area contributed by atoms with Crippen molar-refractivity contribution < 1.29 is 9.18 Å². The fraction of sp³-hybridized carbons (Fsp3) is 0.190. The van der Waals surface area contributed by atoms with Crippen LogP contribution in [0.4, 0.5) is 10.2 Å². The van der Waals surface area contributed by atoms with E-state index in [4.69, 9.17) is 11.6 Å². The van der Waals surface area contributed by atoms with Crippen LogP contribution in [0.5, 0.6) is 0 Å². The van der Waals surface area contributed by atoms with Crippen molar-refractivity contribution in [2.45, 2.75) is 26.3 Å². The van der Waals surface area contributed by atoms with Gasteiger partial charge in [0.2, 0.25) is 5.96 Å². The lowest BCUT2D eigenvalue weighted by Gasteiger charge is -2.17. The topological polar surface area (TPSA) is 82.2 Å². The third kappa shape index (κ3) is 5.89. The number of benzene rings is 2. The number of nitrogens with zero attached hydrogens (tertiary/aromatic N) is 2. The van der Waals surface area contributed by atoms with E-state index in [1.54, 1.807) is 12.1 Å². The first-order valence-electron chi connectivity index (χ1n) is 8.95. The van der Waals surface area contributed by atoms with Gasteiger partial charge < -0.3 is 5.32 Å². The summed E-state index contributed by atoms with van der Waals surface area (Å²) in [6.45, 7) is 5.71. The molecule has 0 atom stereocenters. The Morgan fingerprint density at radius 1 is 1.14 bits per heavy atom. The molecule has 6 nitrogen and oxygen atoms in total. The highest BCUT2D eigenvalue weighted by Crippen LogP contribution is 2.23. The number of aliphatic imine (C=N–C) groups is 1. The molecule has 3 aromatic rings. The van der Waals surface area contributed by atoms with Crippen LogP contribution in [0.25, 0.3) is 11.3 Å². The third-order valence-electron chi connectivity index (χ3n) is 3.75. The summed E-state index contributed by atoms with van der Waals surface area (Å²) in [5.74, 6) is -0.113. The Morgan fingerprint density at radius 2 is 1.86 bits per heavy atom. The van der Waals surface area contributed by atoms with Gasteiger partial charge >= 0.3 is 0 Å². The van der Waals surface area contributed by atoms with Crippen molar-refractivity contribution in [3.63, 3.8) is 0 Å². The van der Waals surface area contributed by atoms with Crippen molar-refractivity contribution in [3.05, 3.63) is 71.0 Å². The van der Waals surface area contributed by atoms with Gasteiger partial charge in [-0.3, -0.25) is 15.2 Å². The van der Waals surface area contributed by atoms with Gasteiger partial charge in [-0.25, -0.2) is 9.38 Å². The largest absolute Gasteiger partial charge is 0.309 e. The number of carbonyl (C=O) groups excluding carboxylic acids is 1. The Balaban J connectivity index is 1.80. The molecule has 3 rings (SSSR count). The van der Waals surface area contributed by atoms with Crippen molar-refractivity contribution in [1.82, 2.24) is 15.5 Å². The molecule has 0 fully saturated rings. The molecular weight excluding hydrogens is 393 g/mol. The number of halogens is 2. The van der Waals surface area contributed by atoms with Crippen LogP contribution < -0.4 is 10.6 Å². The fourth-order valence-corrected chi connectivity index (χ4v) is 2.70. The average molecular weight is 414 g/mol. The highest BCUT2D eigenvalue weighted by atomic mass is 35.5. The number of nitrogens with one attached hydrogen (secondary N) is 3. The number of hydrogen-bond acceptors (Lipinski definition) is 3. The average Bonchev–Trinajstić information content (AvgIpc) is 3.09. The molecule has 1 aromatic heterocycles. The molecule has 0 aliphatic rings. The quantitative estimate of drug-likeness (QED) is 0.423. The Bertz CT molecular complexity index is 1040. The molecule has 2 aromatic carbocycles. The first-order chi connectivity index (χ1) is 13.7. The molecule has 1 amide bonds.